The van der Waals surface area contributed by atoms with Crippen molar-refractivity contribution >= 4 is 0 Å². The minimum atomic E-state index is -4.02. The van der Waals surface area contributed by atoms with Crippen LogP contribution in [0.4, 0.5) is 13.2 Å². The molecule has 1 rings (SSSR count). The van der Waals surface area contributed by atoms with Gasteiger partial charge in [-0.3, -0.25) is 0 Å². The Labute approximate surface area is 88.8 Å². The van der Waals surface area contributed by atoms with Crippen molar-refractivity contribution in [2.75, 3.05) is 26.2 Å². The molecule has 1 unspecified atom stereocenters. The Morgan fingerprint density at radius 1 is 1.40 bits per heavy atom. The molecule has 15 heavy (non-hydrogen) atoms. The van der Waals surface area contributed by atoms with E-state index in [9.17, 15) is 13.2 Å². The summed E-state index contributed by atoms with van der Waals surface area (Å²) in [7, 11) is 0. The van der Waals surface area contributed by atoms with Gasteiger partial charge in [0.2, 0.25) is 0 Å². The number of nitrogens with one attached hydrogen (secondary N) is 1. The van der Waals surface area contributed by atoms with E-state index in [4.69, 9.17) is 0 Å². The number of hydrogen-bond donors (Lipinski definition) is 1. The first-order valence-corrected chi connectivity index (χ1v) is 5.54. The van der Waals surface area contributed by atoms with Crippen LogP contribution in [0.15, 0.2) is 0 Å². The fourth-order valence-corrected chi connectivity index (χ4v) is 1.92. The molecule has 0 saturated carbocycles. The van der Waals surface area contributed by atoms with E-state index in [2.05, 4.69) is 12.2 Å². The summed E-state index contributed by atoms with van der Waals surface area (Å²) < 4.78 is 36.0. The summed E-state index contributed by atoms with van der Waals surface area (Å²) in [5.74, 6) is 0. The summed E-state index contributed by atoms with van der Waals surface area (Å²) >= 11 is 0. The van der Waals surface area contributed by atoms with Crippen LogP contribution in [0.5, 0.6) is 0 Å². The molecule has 0 amide bonds. The summed E-state index contributed by atoms with van der Waals surface area (Å²) in [6, 6.07) is 0.372. The molecule has 1 aliphatic rings. The van der Waals surface area contributed by atoms with Crippen molar-refractivity contribution in [2.45, 2.75) is 38.4 Å². The van der Waals surface area contributed by atoms with Crippen LogP contribution < -0.4 is 5.32 Å². The van der Waals surface area contributed by atoms with Crippen molar-refractivity contribution in [3.05, 3.63) is 0 Å². The number of hydrogen-bond acceptors (Lipinski definition) is 2. The summed E-state index contributed by atoms with van der Waals surface area (Å²) in [4.78, 5) is 1.91. The molecule has 1 fully saturated rings. The third-order valence-corrected chi connectivity index (χ3v) is 2.69. The summed E-state index contributed by atoms with van der Waals surface area (Å²) in [6.07, 6.45) is -2.59. The lowest BCUT2D eigenvalue weighted by atomic mass is 10.1. The number of halogens is 3. The Bertz CT molecular complexity index is 180. The molecule has 0 aromatic rings. The lowest BCUT2D eigenvalue weighted by Gasteiger charge is -2.33. The fourth-order valence-electron chi connectivity index (χ4n) is 1.92. The second-order valence-electron chi connectivity index (χ2n) is 4.11. The van der Waals surface area contributed by atoms with Gasteiger partial charge in [-0.2, -0.15) is 13.2 Å². The van der Waals surface area contributed by atoms with E-state index < -0.39 is 12.6 Å². The van der Waals surface area contributed by atoms with E-state index in [-0.39, 0.29) is 6.54 Å². The molecule has 0 aromatic heterocycles. The van der Waals surface area contributed by atoms with Crippen LogP contribution in [-0.2, 0) is 0 Å². The molecule has 90 valence electrons. The third kappa shape index (κ3) is 5.37. The van der Waals surface area contributed by atoms with E-state index in [1.807, 2.05) is 4.90 Å². The van der Waals surface area contributed by atoms with Gasteiger partial charge < -0.3 is 10.2 Å². The number of piperazine rings is 1. The van der Waals surface area contributed by atoms with E-state index in [0.717, 1.165) is 32.5 Å². The van der Waals surface area contributed by atoms with E-state index in [1.54, 1.807) is 0 Å². The first-order valence-electron chi connectivity index (χ1n) is 5.54. The fraction of sp³-hybridized carbons (Fsp3) is 1.00. The van der Waals surface area contributed by atoms with Crippen molar-refractivity contribution in [2.24, 2.45) is 0 Å². The van der Waals surface area contributed by atoms with Gasteiger partial charge in [0.25, 0.3) is 0 Å². The summed E-state index contributed by atoms with van der Waals surface area (Å²) in [5, 5.41) is 3.32. The minimum absolute atomic E-state index is 0.144. The molecule has 1 atom stereocenters. The van der Waals surface area contributed by atoms with Crippen LogP contribution in [0.3, 0.4) is 0 Å². The molecule has 0 spiro atoms. The minimum Gasteiger partial charge on any atom is -0.311 e. The lowest BCUT2D eigenvalue weighted by Crippen LogP contribution is -2.51. The monoisotopic (exact) mass is 224 g/mol. The molecule has 0 aliphatic carbocycles. The second kappa shape index (κ2) is 5.70. The van der Waals surface area contributed by atoms with Crippen molar-refractivity contribution < 1.29 is 13.2 Å². The smallest absolute Gasteiger partial charge is 0.311 e. The zero-order valence-corrected chi connectivity index (χ0v) is 9.11. The highest BCUT2D eigenvalue weighted by Crippen LogP contribution is 2.20. The molecule has 1 N–H and O–H groups in total. The van der Waals surface area contributed by atoms with Crippen LogP contribution >= 0.6 is 0 Å². The zero-order valence-electron chi connectivity index (χ0n) is 9.11. The van der Waals surface area contributed by atoms with Gasteiger partial charge in [-0.1, -0.05) is 13.3 Å². The van der Waals surface area contributed by atoms with Crippen LogP contribution in [0.2, 0.25) is 0 Å². The van der Waals surface area contributed by atoms with Gasteiger partial charge >= 0.3 is 6.18 Å². The van der Waals surface area contributed by atoms with Crippen LogP contribution in [0, 0.1) is 0 Å². The van der Waals surface area contributed by atoms with Crippen LogP contribution in [0.25, 0.3) is 0 Å². The standard InChI is InChI=1S/C10H19F3N2/c1-2-3-9-8-15(7-5-14-9)6-4-10(11,12)13/h9,14H,2-8H2,1H3. The summed E-state index contributed by atoms with van der Waals surface area (Å²) in [6.45, 7) is 4.53. The molecular weight excluding hydrogens is 205 g/mol. The maximum absolute atomic E-state index is 12.0. The lowest BCUT2D eigenvalue weighted by molar-refractivity contribution is -0.138. The molecule has 1 aliphatic heterocycles. The predicted molar refractivity (Wildman–Crippen MR) is 53.8 cm³/mol. The van der Waals surface area contributed by atoms with Crippen LogP contribution in [-0.4, -0.2) is 43.3 Å². The van der Waals surface area contributed by atoms with E-state index in [0.29, 0.717) is 6.04 Å². The normalized spacial score (nSPS) is 24.4. The van der Waals surface area contributed by atoms with Crippen LogP contribution in [0.1, 0.15) is 26.2 Å². The molecule has 0 bridgehead atoms. The highest BCUT2D eigenvalue weighted by atomic mass is 19.4. The first kappa shape index (κ1) is 12.8. The van der Waals surface area contributed by atoms with Crippen molar-refractivity contribution in [1.29, 1.82) is 0 Å². The molecular formula is C10H19F3N2. The number of nitrogens with zero attached hydrogens (tertiary/aromatic N) is 1. The first-order chi connectivity index (χ1) is 7.01. The second-order valence-corrected chi connectivity index (χ2v) is 4.11. The van der Waals surface area contributed by atoms with Gasteiger partial charge in [0, 0.05) is 32.2 Å². The third-order valence-electron chi connectivity index (χ3n) is 2.69. The SMILES string of the molecule is CCCC1CN(CCC(F)(F)F)CCN1. The maximum Gasteiger partial charge on any atom is 0.390 e. The highest BCUT2D eigenvalue weighted by Gasteiger charge is 2.29. The van der Waals surface area contributed by atoms with E-state index in [1.165, 1.54) is 0 Å². The van der Waals surface area contributed by atoms with Gasteiger partial charge in [0.15, 0.2) is 0 Å². The van der Waals surface area contributed by atoms with Gasteiger partial charge in [0.1, 0.15) is 0 Å². The Morgan fingerprint density at radius 2 is 2.13 bits per heavy atom. The molecule has 1 heterocycles. The quantitative estimate of drug-likeness (QED) is 0.786. The molecule has 0 radical (unpaired) electrons. The van der Waals surface area contributed by atoms with Gasteiger partial charge in [0.05, 0.1) is 6.42 Å². The number of alkyl halides is 3. The molecule has 1 saturated heterocycles. The Hall–Kier alpha value is -0.290. The van der Waals surface area contributed by atoms with Gasteiger partial charge in [-0.15, -0.1) is 0 Å². The summed E-state index contributed by atoms with van der Waals surface area (Å²) in [5.41, 5.74) is 0. The average Bonchev–Trinajstić information content (AvgIpc) is 2.15. The van der Waals surface area contributed by atoms with Crippen molar-refractivity contribution in [3.8, 4) is 0 Å². The van der Waals surface area contributed by atoms with Gasteiger partial charge in [-0.25, -0.2) is 0 Å². The Balaban J connectivity index is 2.24. The molecule has 0 aromatic carbocycles. The largest absolute Gasteiger partial charge is 0.390 e. The van der Waals surface area contributed by atoms with Crippen molar-refractivity contribution in [1.82, 2.24) is 10.2 Å². The average molecular weight is 224 g/mol. The molecule has 2 nitrogen and oxygen atoms in total. The Morgan fingerprint density at radius 3 is 2.73 bits per heavy atom. The molecule has 5 heteroatoms. The van der Waals surface area contributed by atoms with E-state index >= 15 is 0 Å². The topological polar surface area (TPSA) is 15.3 Å². The number of rotatable bonds is 4. The Kier molecular flexibility index (Phi) is 4.86. The van der Waals surface area contributed by atoms with Crippen molar-refractivity contribution in [3.63, 3.8) is 0 Å². The highest BCUT2D eigenvalue weighted by molar-refractivity contribution is 4.78. The predicted octanol–water partition coefficient (Wildman–Crippen LogP) is 2.01. The maximum atomic E-state index is 12.0. The zero-order chi connectivity index (χ0) is 11.3. The van der Waals surface area contributed by atoms with Gasteiger partial charge in [-0.05, 0) is 6.42 Å².